The predicted octanol–water partition coefficient (Wildman–Crippen LogP) is 4.46. The van der Waals surface area contributed by atoms with Gasteiger partial charge in [0.15, 0.2) is 0 Å². The highest BCUT2D eigenvalue weighted by Gasteiger charge is 2.20. The van der Waals surface area contributed by atoms with Crippen molar-refractivity contribution in [2.45, 2.75) is 32.2 Å². The Morgan fingerprint density at radius 3 is 2.42 bits per heavy atom. The maximum Gasteiger partial charge on any atom is 0.0468 e. The Bertz CT molecular complexity index is 385. The molecule has 0 aromatic heterocycles. The van der Waals surface area contributed by atoms with Gasteiger partial charge in [0, 0.05) is 29.3 Å². The Labute approximate surface area is 125 Å². The monoisotopic (exact) mass is 301 g/mol. The smallest absolute Gasteiger partial charge is 0.0468 e. The number of nitrogens with one attached hydrogen (secondary N) is 1. The molecule has 1 atom stereocenters. The molecule has 2 nitrogen and oxygen atoms in total. The van der Waals surface area contributed by atoms with Gasteiger partial charge in [0.2, 0.25) is 0 Å². The first kappa shape index (κ1) is 15.1. The molecular formula is C15H21Cl2NO. The molecule has 0 spiro atoms. The minimum absolute atomic E-state index is 0.323. The fourth-order valence-electron chi connectivity index (χ4n) is 2.68. The van der Waals surface area contributed by atoms with E-state index >= 15 is 0 Å². The third kappa shape index (κ3) is 4.64. The molecule has 1 aromatic rings. The summed E-state index contributed by atoms with van der Waals surface area (Å²) in [6.07, 6.45) is 3.42. The molecular weight excluding hydrogens is 281 g/mol. The minimum atomic E-state index is 0.323. The molecule has 4 heteroatoms. The van der Waals surface area contributed by atoms with Crippen molar-refractivity contribution >= 4 is 23.2 Å². The highest BCUT2D eigenvalue weighted by molar-refractivity contribution is 6.34. The molecule has 1 fully saturated rings. The summed E-state index contributed by atoms with van der Waals surface area (Å²) in [7, 11) is 0. The summed E-state index contributed by atoms with van der Waals surface area (Å²) >= 11 is 12.2. The molecule has 0 saturated carbocycles. The highest BCUT2D eigenvalue weighted by atomic mass is 35.5. The topological polar surface area (TPSA) is 21.3 Å². The van der Waals surface area contributed by atoms with E-state index in [1.807, 2.05) is 12.1 Å². The summed E-state index contributed by atoms with van der Waals surface area (Å²) in [5.74, 6) is 0.718. The molecule has 0 amide bonds. The molecule has 0 radical (unpaired) electrons. The van der Waals surface area contributed by atoms with Crippen LogP contribution in [0.4, 0.5) is 0 Å². The molecule has 1 aliphatic heterocycles. The third-order valence-corrected chi connectivity index (χ3v) is 4.08. The number of ether oxygens (including phenoxy) is 1. The standard InChI is InChI=1S/C15H21Cl2NO/c1-2-18-15(7-11-3-5-19-6-4-11)12-8-13(16)10-14(17)9-12/h8-11,15,18H,2-7H2,1H3. The molecule has 0 bridgehead atoms. The van der Waals surface area contributed by atoms with Crippen molar-refractivity contribution in [1.82, 2.24) is 5.32 Å². The zero-order valence-corrected chi connectivity index (χ0v) is 12.8. The molecule has 2 rings (SSSR count). The molecule has 1 aromatic carbocycles. The SMILES string of the molecule is CCNC(CC1CCOCC1)c1cc(Cl)cc(Cl)c1. The second kappa shape index (κ2) is 7.49. The largest absolute Gasteiger partial charge is 0.381 e. The highest BCUT2D eigenvalue weighted by Crippen LogP contribution is 2.30. The van der Waals surface area contributed by atoms with Crippen LogP contribution in [0.3, 0.4) is 0 Å². The van der Waals surface area contributed by atoms with Gasteiger partial charge in [0.25, 0.3) is 0 Å². The van der Waals surface area contributed by atoms with Crippen molar-refractivity contribution in [3.05, 3.63) is 33.8 Å². The van der Waals surface area contributed by atoms with E-state index in [0.29, 0.717) is 16.1 Å². The summed E-state index contributed by atoms with van der Waals surface area (Å²) in [6.45, 7) is 4.85. The minimum Gasteiger partial charge on any atom is -0.381 e. The first-order valence-corrected chi connectivity index (χ1v) is 7.71. The summed E-state index contributed by atoms with van der Waals surface area (Å²) in [6, 6.07) is 6.13. The second-order valence-corrected chi connectivity index (χ2v) is 5.98. The van der Waals surface area contributed by atoms with Gasteiger partial charge in [-0.25, -0.2) is 0 Å². The van der Waals surface area contributed by atoms with E-state index in [-0.39, 0.29) is 0 Å². The van der Waals surface area contributed by atoms with Crippen LogP contribution < -0.4 is 5.32 Å². The van der Waals surface area contributed by atoms with Crippen LogP contribution in [0.25, 0.3) is 0 Å². The molecule has 1 aliphatic rings. The van der Waals surface area contributed by atoms with Crippen LogP contribution in [0, 0.1) is 5.92 Å². The van der Waals surface area contributed by atoms with E-state index in [1.165, 1.54) is 5.56 Å². The van der Waals surface area contributed by atoms with Gasteiger partial charge in [0.1, 0.15) is 0 Å². The van der Waals surface area contributed by atoms with Crippen LogP contribution >= 0.6 is 23.2 Å². The molecule has 1 heterocycles. The fourth-order valence-corrected chi connectivity index (χ4v) is 3.22. The molecule has 1 unspecified atom stereocenters. The molecule has 1 saturated heterocycles. The predicted molar refractivity (Wildman–Crippen MR) is 81.0 cm³/mol. The lowest BCUT2D eigenvalue weighted by Crippen LogP contribution is -2.26. The summed E-state index contributed by atoms with van der Waals surface area (Å²) < 4.78 is 5.42. The van der Waals surface area contributed by atoms with Gasteiger partial charge in [-0.2, -0.15) is 0 Å². The van der Waals surface area contributed by atoms with Gasteiger partial charge in [-0.3, -0.25) is 0 Å². The number of rotatable bonds is 5. The summed E-state index contributed by atoms with van der Waals surface area (Å²) in [5, 5.41) is 4.95. The Balaban J connectivity index is 2.09. The van der Waals surface area contributed by atoms with Gasteiger partial charge >= 0.3 is 0 Å². The average Bonchev–Trinajstić information content (AvgIpc) is 2.38. The van der Waals surface area contributed by atoms with Crippen molar-refractivity contribution in [1.29, 1.82) is 0 Å². The summed E-state index contributed by atoms with van der Waals surface area (Å²) in [4.78, 5) is 0. The van der Waals surface area contributed by atoms with Gasteiger partial charge in [-0.05, 0) is 55.5 Å². The van der Waals surface area contributed by atoms with Crippen molar-refractivity contribution < 1.29 is 4.74 Å². The zero-order chi connectivity index (χ0) is 13.7. The van der Waals surface area contributed by atoms with E-state index in [1.54, 1.807) is 6.07 Å². The first-order valence-electron chi connectivity index (χ1n) is 6.96. The Morgan fingerprint density at radius 2 is 1.84 bits per heavy atom. The van der Waals surface area contributed by atoms with Crippen LogP contribution in [0.5, 0.6) is 0 Å². The van der Waals surface area contributed by atoms with Gasteiger partial charge < -0.3 is 10.1 Å². The maximum absolute atomic E-state index is 6.10. The maximum atomic E-state index is 6.10. The second-order valence-electron chi connectivity index (χ2n) is 5.10. The Morgan fingerprint density at radius 1 is 1.21 bits per heavy atom. The lowest BCUT2D eigenvalue weighted by molar-refractivity contribution is 0.0606. The molecule has 1 N–H and O–H groups in total. The van der Waals surface area contributed by atoms with Crippen LogP contribution in [-0.2, 0) is 4.74 Å². The van der Waals surface area contributed by atoms with E-state index in [0.717, 1.165) is 44.9 Å². The zero-order valence-electron chi connectivity index (χ0n) is 11.3. The summed E-state index contributed by atoms with van der Waals surface area (Å²) in [5.41, 5.74) is 1.19. The Kier molecular flexibility index (Phi) is 5.96. The fraction of sp³-hybridized carbons (Fsp3) is 0.600. The molecule has 0 aliphatic carbocycles. The first-order chi connectivity index (χ1) is 9.19. The Hall–Kier alpha value is -0.280. The van der Waals surface area contributed by atoms with Crippen molar-refractivity contribution in [3.8, 4) is 0 Å². The van der Waals surface area contributed by atoms with Crippen LogP contribution in [0.2, 0.25) is 10.0 Å². The number of benzene rings is 1. The average molecular weight is 302 g/mol. The van der Waals surface area contributed by atoms with Gasteiger partial charge in [0.05, 0.1) is 0 Å². The van der Waals surface area contributed by atoms with Crippen molar-refractivity contribution in [2.24, 2.45) is 5.92 Å². The van der Waals surface area contributed by atoms with Crippen molar-refractivity contribution in [3.63, 3.8) is 0 Å². The van der Waals surface area contributed by atoms with E-state index in [9.17, 15) is 0 Å². The van der Waals surface area contributed by atoms with Gasteiger partial charge in [-0.15, -0.1) is 0 Å². The van der Waals surface area contributed by atoms with E-state index in [2.05, 4.69) is 12.2 Å². The normalized spacial score (nSPS) is 18.5. The third-order valence-electron chi connectivity index (χ3n) is 3.65. The van der Waals surface area contributed by atoms with E-state index in [4.69, 9.17) is 27.9 Å². The van der Waals surface area contributed by atoms with Crippen LogP contribution in [0.15, 0.2) is 18.2 Å². The van der Waals surface area contributed by atoms with Crippen LogP contribution in [-0.4, -0.2) is 19.8 Å². The molecule has 19 heavy (non-hydrogen) atoms. The quantitative estimate of drug-likeness (QED) is 0.867. The van der Waals surface area contributed by atoms with Crippen LogP contribution in [0.1, 0.15) is 37.8 Å². The number of hydrogen-bond donors (Lipinski definition) is 1. The number of hydrogen-bond acceptors (Lipinski definition) is 2. The lowest BCUT2D eigenvalue weighted by Gasteiger charge is -2.27. The molecule has 106 valence electrons. The van der Waals surface area contributed by atoms with Crippen molar-refractivity contribution in [2.75, 3.05) is 19.8 Å². The van der Waals surface area contributed by atoms with E-state index < -0.39 is 0 Å². The number of halogens is 2. The van der Waals surface area contributed by atoms with Gasteiger partial charge in [-0.1, -0.05) is 30.1 Å². The lowest BCUT2D eigenvalue weighted by atomic mass is 9.89.